The van der Waals surface area contributed by atoms with Gasteiger partial charge in [0.2, 0.25) is 0 Å². The summed E-state index contributed by atoms with van der Waals surface area (Å²) in [5.41, 5.74) is 7.53. The Morgan fingerprint density at radius 2 is 1.16 bits per heavy atom. The Morgan fingerprint density at radius 1 is 0.719 bits per heavy atom. The van der Waals surface area contributed by atoms with Crippen molar-refractivity contribution < 1.29 is 9.31 Å². The Kier molecular flexibility index (Phi) is 6.04. The molecule has 3 aromatic rings. The van der Waals surface area contributed by atoms with E-state index in [1.54, 1.807) is 0 Å². The highest BCUT2D eigenvalue weighted by Crippen LogP contribution is 2.40. The first-order valence-corrected chi connectivity index (χ1v) is 11.9. The molecule has 0 atom stereocenters. The molecule has 0 unspecified atom stereocenters. The zero-order chi connectivity index (χ0) is 23.3. The molecule has 1 heterocycles. The van der Waals surface area contributed by atoms with Crippen LogP contribution in [0.3, 0.4) is 0 Å². The van der Waals surface area contributed by atoms with Crippen LogP contribution in [0.25, 0.3) is 0 Å². The van der Waals surface area contributed by atoms with Gasteiger partial charge >= 0.3 is 7.12 Å². The van der Waals surface area contributed by atoms with Crippen LogP contribution in [0.1, 0.15) is 44.4 Å². The van der Waals surface area contributed by atoms with Crippen molar-refractivity contribution in [1.29, 1.82) is 0 Å². The number of rotatable bonds is 4. The molecule has 0 N–H and O–H groups in total. The smallest absolute Gasteiger partial charge is 0.399 e. The number of hydrogen-bond acceptors (Lipinski definition) is 3. The maximum Gasteiger partial charge on any atom is 0.494 e. The highest BCUT2D eigenvalue weighted by molar-refractivity contribution is 9.10. The quantitative estimate of drug-likeness (QED) is 0.362. The van der Waals surface area contributed by atoms with E-state index in [0.29, 0.717) is 0 Å². The van der Waals surface area contributed by atoms with Crippen LogP contribution in [0, 0.1) is 20.8 Å². The van der Waals surface area contributed by atoms with E-state index in [9.17, 15) is 0 Å². The number of hydrogen-bond donors (Lipinski definition) is 0. The van der Waals surface area contributed by atoms with Crippen LogP contribution in [0.5, 0.6) is 0 Å². The van der Waals surface area contributed by atoms with Crippen LogP contribution >= 0.6 is 15.9 Å². The van der Waals surface area contributed by atoms with E-state index in [2.05, 4.69) is 130 Å². The lowest BCUT2D eigenvalue weighted by Gasteiger charge is -2.32. The van der Waals surface area contributed by atoms with Gasteiger partial charge in [-0.1, -0.05) is 45.8 Å². The Labute approximate surface area is 201 Å². The van der Waals surface area contributed by atoms with Gasteiger partial charge in [0.25, 0.3) is 0 Å². The molecule has 5 heteroatoms. The van der Waals surface area contributed by atoms with E-state index in [1.165, 1.54) is 22.4 Å². The monoisotopic (exact) mass is 491 g/mol. The predicted molar refractivity (Wildman–Crippen MR) is 139 cm³/mol. The van der Waals surface area contributed by atoms with Crippen LogP contribution in [0.4, 0.5) is 17.1 Å². The largest absolute Gasteiger partial charge is 0.494 e. The summed E-state index contributed by atoms with van der Waals surface area (Å²) in [6, 6.07) is 21.5. The van der Waals surface area contributed by atoms with Gasteiger partial charge in [-0.25, -0.2) is 0 Å². The topological polar surface area (TPSA) is 21.7 Å². The Morgan fingerprint density at radius 3 is 1.62 bits per heavy atom. The molecule has 4 rings (SSSR count). The molecular formula is C27H31BBrNO2. The lowest BCUT2D eigenvalue weighted by molar-refractivity contribution is 0.00578. The van der Waals surface area contributed by atoms with Crippen LogP contribution in [0.15, 0.2) is 65.1 Å². The Bertz CT molecular complexity index is 1080. The first kappa shape index (κ1) is 23.1. The normalized spacial score (nSPS) is 16.9. The lowest BCUT2D eigenvalue weighted by Crippen LogP contribution is -2.41. The molecule has 0 saturated carbocycles. The SMILES string of the molecule is Cc1cc(C)c(N(c2ccc(Br)cc2)c2ccc(B3OC(C)(C)C(C)(C)O3)cc2)c(C)c1. The summed E-state index contributed by atoms with van der Waals surface area (Å²) in [5, 5.41) is 0. The molecule has 3 nitrogen and oxygen atoms in total. The molecule has 0 spiro atoms. The second-order valence-corrected chi connectivity index (χ2v) is 10.7. The van der Waals surface area contributed by atoms with Gasteiger partial charge < -0.3 is 14.2 Å². The van der Waals surface area contributed by atoms with Crippen molar-refractivity contribution in [3.63, 3.8) is 0 Å². The van der Waals surface area contributed by atoms with Gasteiger partial charge in [0, 0.05) is 15.8 Å². The Hall–Kier alpha value is -2.08. The first-order chi connectivity index (χ1) is 15.0. The molecule has 3 aromatic carbocycles. The summed E-state index contributed by atoms with van der Waals surface area (Å²) >= 11 is 3.56. The predicted octanol–water partition coefficient (Wildman–Crippen LogP) is 7.14. The van der Waals surface area contributed by atoms with Crippen molar-refractivity contribution in [3.05, 3.63) is 81.8 Å². The highest BCUT2D eigenvalue weighted by atomic mass is 79.9. The van der Waals surface area contributed by atoms with Crippen LogP contribution in [-0.4, -0.2) is 18.3 Å². The van der Waals surface area contributed by atoms with Crippen molar-refractivity contribution in [2.24, 2.45) is 0 Å². The maximum atomic E-state index is 6.24. The molecule has 1 saturated heterocycles. The first-order valence-electron chi connectivity index (χ1n) is 11.1. The molecule has 1 aliphatic heterocycles. The standard InChI is InChI=1S/C27H31BBrNO2/c1-18-16-19(2)25(20(3)17-18)30(24-14-10-22(29)11-15-24)23-12-8-21(9-13-23)28-31-26(4,5)27(6,7)32-28/h8-17H,1-7H3. The van der Waals surface area contributed by atoms with Crippen molar-refractivity contribution >= 4 is 45.6 Å². The third kappa shape index (κ3) is 4.26. The maximum absolute atomic E-state index is 6.24. The summed E-state index contributed by atoms with van der Waals surface area (Å²) in [6.07, 6.45) is 0. The van der Waals surface area contributed by atoms with Gasteiger partial charge in [0.05, 0.1) is 16.9 Å². The molecule has 0 aromatic heterocycles. The zero-order valence-corrected chi connectivity index (χ0v) is 21.6. The van der Waals surface area contributed by atoms with Crippen molar-refractivity contribution in [3.8, 4) is 0 Å². The minimum Gasteiger partial charge on any atom is -0.399 e. The lowest BCUT2D eigenvalue weighted by atomic mass is 9.79. The van der Waals surface area contributed by atoms with Crippen molar-refractivity contribution in [1.82, 2.24) is 0 Å². The summed E-state index contributed by atoms with van der Waals surface area (Å²) in [5.74, 6) is 0. The highest BCUT2D eigenvalue weighted by Gasteiger charge is 2.51. The number of benzene rings is 3. The molecule has 0 bridgehead atoms. The van der Waals surface area contributed by atoms with E-state index in [0.717, 1.165) is 21.3 Å². The van der Waals surface area contributed by atoms with E-state index in [-0.39, 0.29) is 18.3 Å². The van der Waals surface area contributed by atoms with Crippen LogP contribution in [-0.2, 0) is 9.31 Å². The number of anilines is 3. The van der Waals surface area contributed by atoms with Gasteiger partial charge in [0.15, 0.2) is 0 Å². The summed E-state index contributed by atoms with van der Waals surface area (Å²) < 4.78 is 13.6. The van der Waals surface area contributed by atoms with Crippen LogP contribution in [0.2, 0.25) is 0 Å². The molecule has 32 heavy (non-hydrogen) atoms. The third-order valence-electron chi connectivity index (χ3n) is 6.62. The summed E-state index contributed by atoms with van der Waals surface area (Å²) in [7, 11) is -0.363. The van der Waals surface area contributed by atoms with Crippen molar-refractivity contribution in [2.45, 2.75) is 59.7 Å². The molecule has 1 aliphatic rings. The van der Waals surface area contributed by atoms with Gasteiger partial charge in [-0.2, -0.15) is 0 Å². The van der Waals surface area contributed by atoms with Gasteiger partial charge in [-0.15, -0.1) is 0 Å². The van der Waals surface area contributed by atoms with E-state index >= 15 is 0 Å². The van der Waals surface area contributed by atoms with Gasteiger partial charge in [-0.05, 0) is 101 Å². The molecule has 0 amide bonds. The fraction of sp³-hybridized carbons (Fsp3) is 0.333. The number of halogens is 1. The van der Waals surface area contributed by atoms with Gasteiger partial charge in [-0.3, -0.25) is 0 Å². The van der Waals surface area contributed by atoms with E-state index in [4.69, 9.17) is 9.31 Å². The van der Waals surface area contributed by atoms with Crippen LogP contribution < -0.4 is 10.4 Å². The average Bonchev–Trinajstić information content (AvgIpc) is 2.93. The van der Waals surface area contributed by atoms with E-state index in [1.807, 2.05) is 0 Å². The third-order valence-corrected chi connectivity index (χ3v) is 7.15. The van der Waals surface area contributed by atoms with E-state index < -0.39 is 0 Å². The van der Waals surface area contributed by atoms with Gasteiger partial charge in [0.1, 0.15) is 0 Å². The minimum atomic E-state index is -0.363. The zero-order valence-electron chi connectivity index (χ0n) is 20.0. The number of nitrogens with zero attached hydrogens (tertiary/aromatic N) is 1. The number of aryl methyl sites for hydroxylation is 3. The minimum absolute atomic E-state index is 0.351. The van der Waals surface area contributed by atoms with Crippen molar-refractivity contribution in [2.75, 3.05) is 4.90 Å². The summed E-state index contributed by atoms with van der Waals surface area (Å²) in [6.45, 7) is 14.8. The second-order valence-electron chi connectivity index (χ2n) is 9.74. The Balaban J connectivity index is 1.76. The molecular weight excluding hydrogens is 461 g/mol. The molecule has 0 radical (unpaired) electrons. The molecule has 0 aliphatic carbocycles. The second kappa shape index (κ2) is 8.37. The average molecular weight is 492 g/mol. The summed E-state index contributed by atoms with van der Waals surface area (Å²) in [4.78, 5) is 2.32. The molecule has 1 fully saturated rings. The molecule has 166 valence electrons. The fourth-order valence-corrected chi connectivity index (χ4v) is 4.55. The fourth-order valence-electron chi connectivity index (χ4n) is 4.28.